The normalized spacial score (nSPS) is 10.6. The van der Waals surface area contributed by atoms with Crippen LogP contribution in [-0.2, 0) is 4.57 Å². The first-order chi connectivity index (χ1) is 7.66. The Kier molecular flexibility index (Phi) is 2.97. The van der Waals surface area contributed by atoms with E-state index in [0.29, 0.717) is 11.4 Å². The van der Waals surface area contributed by atoms with Gasteiger partial charge in [-0.15, -0.1) is 0 Å². The van der Waals surface area contributed by atoms with Crippen molar-refractivity contribution in [3.63, 3.8) is 0 Å². The number of hydrogen-bond donors (Lipinski definition) is 2. The van der Waals surface area contributed by atoms with Crippen LogP contribution in [0.5, 0.6) is 0 Å². The SMILES string of the molecule is Nc1ccc([PH](=O)c2ccc(N)cc2)cc1. The minimum absolute atomic E-state index is 0.677. The van der Waals surface area contributed by atoms with Crippen molar-refractivity contribution in [2.24, 2.45) is 0 Å². The second kappa shape index (κ2) is 4.42. The van der Waals surface area contributed by atoms with Crippen molar-refractivity contribution in [3.8, 4) is 0 Å². The molecule has 2 aromatic carbocycles. The molecule has 16 heavy (non-hydrogen) atoms. The molecule has 3 nitrogen and oxygen atoms in total. The van der Waals surface area contributed by atoms with Crippen molar-refractivity contribution >= 4 is 29.8 Å². The first-order valence-corrected chi connectivity index (χ1v) is 6.33. The summed E-state index contributed by atoms with van der Waals surface area (Å²) in [5.74, 6) is 0. The molecule has 0 radical (unpaired) electrons. The van der Waals surface area contributed by atoms with Gasteiger partial charge in [-0.3, -0.25) is 0 Å². The van der Waals surface area contributed by atoms with Crippen LogP contribution in [0.2, 0.25) is 0 Å². The van der Waals surface area contributed by atoms with Gasteiger partial charge in [0.25, 0.3) is 0 Å². The predicted molar refractivity (Wildman–Crippen MR) is 70.0 cm³/mol. The van der Waals surface area contributed by atoms with Crippen LogP contribution in [0.3, 0.4) is 0 Å². The standard InChI is InChI=1S/C12H13N2OP/c13-9-1-5-11(6-2-9)16(15)12-7-3-10(14)4-8-12/h1-8,16H,13-14H2. The monoisotopic (exact) mass is 232 g/mol. The van der Waals surface area contributed by atoms with Gasteiger partial charge in [-0.2, -0.15) is 0 Å². The third kappa shape index (κ3) is 2.26. The molecule has 0 bridgehead atoms. The molecule has 82 valence electrons. The van der Waals surface area contributed by atoms with E-state index >= 15 is 0 Å². The fourth-order valence-electron chi connectivity index (χ4n) is 1.44. The first kappa shape index (κ1) is 10.8. The lowest BCUT2D eigenvalue weighted by atomic mass is 10.3. The Balaban J connectivity index is 2.32. The smallest absolute Gasteiger partial charge is 0.131 e. The molecule has 0 aliphatic carbocycles. The highest BCUT2D eigenvalue weighted by atomic mass is 31.1. The zero-order valence-electron chi connectivity index (χ0n) is 8.68. The fraction of sp³-hybridized carbons (Fsp3) is 0. The first-order valence-electron chi connectivity index (χ1n) is 4.92. The van der Waals surface area contributed by atoms with E-state index in [0.717, 1.165) is 10.6 Å². The Hall–Kier alpha value is -1.73. The van der Waals surface area contributed by atoms with Gasteiger partial charge in [0.05, 0.1) is 0 Å². The number of anilines is 2. The van der Waals surface area contributed by atoms with E-state index in [1.807, 2.05) is 0 Å². The summed E-state index contributed by atoms with van der Waals surface area (Å²) in [4.78, 5) is 0. The Labute approximate surface area is 94.9 Å². The van der Waals surface area contributed by atoms with Crippen LogP contribution >= 0.6 is 7.80 Å². The van der Waals surface area contributed by atoms with Crippen LogP contribution in [0.4, 0.5) is 11.4 Å². The van der Waals surface area contributed by atoms with Gasteiger partial charge in [0.1, 0.15) is 7.80 Å². The summed E-state index contributed by atoms with van der Waals surface area (Å²) in [5, 5.41) is 1.62. The van der Waals surface area contributed by atoms with Crippen LogP contribution in [-0.4, -0.2) is 0 Å². The van der Waals surface area contributed by atoms with E-state index in [1.165, 1.54) is 0 Å². The zero-order valence-corrected chi connectivity index (χ0v) is 9.68. The van der Waals surface area contributed by atoms with Gasteiger partial charge in [0.15, 0.2) is 0 Å². The molecule has 4 N–H and O–H groups in total. The maximum absolute atomic E-state index is 12.2. The van der Waals surface area contributed by atoms with Crippen LogP contribution in [0.1, 0.15) is 0 Å². The largest absolute Gasteiger partial charge is 0.399 e. The van der Waals surface area contributed by atoms with Crippen molar-refractivity contribution in [1.29, 1.82) is 0 Å². The van der Waals surface area contributed by atoms with Crippen molar-refractivity contribution in [2.75, 3.05) is 11.5 Å². The lowest BCUT2D eigenvalue weighted by Gasteiger charge is -2.03. The zero-order chi connectivity index (χ0) is 11.5. The molecule has 4 heteroatoms. The molecule has 0 atom stereocenters. The number of benzene rings is 2. The molecule has 0 heterocycles. The summed E-state index contributed by atoms with van der Waals surface area (Å²) in [5.41, 5.74) is 12.5. The Bertz CT molecular complexity index is 458. The highest BCUT2D eigenvalue weighted by molar-refractivity contribution is 7.61. The van der Waals surface area contributed by atoms with E-state index in [2.05, 4.69) is 0 Å². The molecular formula is C12H13N2OP. The summed E-state index contributed by atoms with van der Waals surface area (Å²) in [6.07, 6.45) is 0. The Morgan fingerprint density at radius 1 is 0.688 bits per heavy atom. The van der Waals surface area contributed by atoms with Gasteiger partial charge < -0.3 is 16.0 Å². The maximum Gasteiger partial charge on any atom is 0.131 e. The molecule has 2 aromatic rings. The summed E-state index contributed by atoms with van der Waals surface area (Å²) >= 11 is 0. The molecule has 0 spiro atoms. The second-order valence-electron chi connectivity index (χ2n) is 3.57. The highest BCUT2D eigenvalue weighted by Gasteiger charge is 2.05. The van der Waals surface area contributed by atoms with Gasteiger partial charge in [-0.1, -0.05) is 0 Å². The molecule has 0 aliphatic heterocycles. The molecule has 0 saturated heterocycles. The summed E-state index contributed by atoms with van der Waals surface area (Å²) < 4.78 is 12.2. The number of nitrogens with two attached hydrogens (primary N) is 2. The minimum atomic E-state index is -1.94. The molecular weight excluding hydrogens is 219 g/mol. The lowest BCUT2D eigenvalue weighted by molar-refractivity contribution is 0.598. The van der Waals surface area contributed by atoms with Crippen molar-refractivity contribution in [1.82, 2.24) is 0 Å². The van der Waals surface area contributed by atoms with Crippen LogP contribution in [0.15, 0.2) is 48.5 Å². The average molecular weight is 232 g/mol. The van der Waals surface area contributed by atoms with E-state index in [-0.39, 0.29) is 0 Å². The third-order valence-electron chi connectivity index (χ3n) is 2.35. The predicted octanol–water partition coefficient (Wildman–Crippen LogP) is 1.36. The quantitative estimate of drug-likeness (QED) is 0.606. The Morgan fingerprint density at radius 2 is 1.00 bits per heavy atom. The van der Waals surface area contributed by atoms with E-state index in [4.69, 9.17) is 11.5 Å². The molecule has 0 amide bonds. The summed E-state index contributed by atoms with van der Waals surface area (Å²) in [6, 6.07) is 14.2. The topological polar surface area (TPSA) is 69.1 Å². The number of rotatable bonds is 2. The van der Waals surface area contributed by atoms with Crippen LogP contribution < -0.4 is 22.1 Å². The van der Waals surface area contributed by atoms with Gasteiger partial charge in [0.2, 0.25) is 0 Å². The summed E-state index contributed by atoms with van der Waals surface area (Å²) in [6.45, 7) is 0. The minimum Gasteiger partial charge on any atom is -0.399 e. The maximum atomic E-state index is 12.2. The Morgan fingerprint density at radius 3 is 1.31 bits per heavy atom. The van der Waals surface area contributed by atoms with Gasteiger partial charge in [-0.25, -0.2) is 0 Å². The van der Waals surface area contributed by atoms with Crippen molar-refractivity contribution < 1.29 is 4.57 Å². The summed E-state index contributed by atoms with van der Waals surface area (Å²) in [7, 11) is -1.94. The second-order valence-corrected chi connectivity index (χ2v) is 5.39. The molecule has 0 fully saturated rings. The number of hydrogen-bond acceptors (Lipinski definition) is 3. The molecule has 0 saturated carbocycles. The van der Waals surface area contributed by atoms with Crippen LogP contribution in [0, 0.1) is 0 Å². The molecule has 0 unspecified atom stereocenters. The third-order valence-corrected chi connectivity index (χ3v) is 4.06. The van der Waals surface area contributed by atoms with E-state index in [1.54, 1.807) is 48.5 Å². The van der Waals surface area contributed by atoms with Gasteiger partial charge in [0, 0.05) is 22.0 Å². The highest BCUT2D eigenvalue weighted by Crippen LogP contribution is 2.20. The van der Waals surface area contributed by atoms with Crippen molar-refractivity contribution in [2.45, 2.75) is 0 Å². The van der Waals surface area contributed by atoms with E-state index in [9.17, 15) is 4.57 Å². The van der Waals surface area contributed by atoms with Crippen molar-refractivity contribution in [3.05, 3.63) is 48.5 Å². The fourth-order valence-corrected chi connectivity index (χ4v) is 2.71. The molecule has 2 rings (SSSR count). The number of nitrogen functional groups attached to an aromatic ring is 2. The molecule has 0 aliphatic rings. The van der Waals surface area contributed by atoms with E-state index < -0.39 is 7.80 Å². The van der Waals surface area contributed by atoms with Crippen LogP contribution in [0.25, 0.3) is 0 Å². The average Bonchev–Trinajstić information content (AvgIpc) is 2.30. The molecule has 0 aromatic heterocycles. The lowest BCUT2D eigenvalue weighted by Crippen LogP contribution is -2.06. The van der Waals surface area contributed by atoms with Gasteiger partial charge in [-0.05, 0) is 48.5 Å². The van der Waals surface area contributed by atoms with Gasteiger partial charge >= 0.3 is 0 Å².